The van der Waals surface area contributed by atoms with Gasteiger partial charge in [-0.3, -0.25) is 9.59 Å². The molecule has 3 aromatic rings. The van der Waals surface area contributed by atoms with Crippen LogP contribution in [0, 0.1) is 13.8 Å². The molecule has 6 heteroatoms. The normalized spacial score (nSPS) is 15.3. The fourth-order valence-corrected chi connectivity index (χ4v) is 4.83. The number of piperazine rings is 1. The number of ether oxygens (including phenoxy) is 1. The van der Waals surface area contributed by atoms with Crippen LogP contribution in [0.5, 0.6) is 11.5 Å². The monoisotopic (exact) mass is 499 g/mol. The Labute approximate surface area is 220 Å². The third-order valence-electron chi connectivity index (χ3n) is 6.77. The highest BCUT2D eigenvalue weighted by molar-refractivity contribution is 5.77. The molecule has 3 aromatic carbocycles. The van der Waals surface area contributed by atoms with Gasteiger partial charge in [-0.2, -0.15) is 0 Å². The van der Waals surface area contributed by atoms with Crippen LogP contribution < -0.4 is 15.4 Å². The average Bonchev–Trinajstić information content (AvgIpc) is 2.89. The van der Waals surface area contributed by atoms with E-state index in [-0.39, 0.29) is 17.9 Å². The summed E-state index contributed by atoms with van der Waals surface area (Å²) in [5.74, 6) is 1.55. The van der Waals surface area contributed by atoms with Crippen LogP contribution in [0.25, 0.3) is 0 Å². The van der Waals surface area contributed by atoms with Crippen LogP contribution >= 0.6 is 0 Å². The SMILES string of the molecule is CC(=O)NCc1cc(C)ccc1Oc1ccc(C)cc1CCC(=O)N1CCNC[C@H]1Cc1ccccc1. The number of carbonyl (C=O) groups excluding carboxylic acids is 2. The van der Waals surface area contributed by atoms with Crippen molar-refractivity contribution >= 4 is 11.8 Å². The largest absolute Gasteiger partial charge is 0.457 e. The van der Waals surface area contributed by atoms with Gasteiger partial charge in [-0.15, -0.1) is 0 Å². The summed E-state index contributed by atoms with van der Waals surface area (Å²) in [5, 5.41) is 6.31. The molecule has 1 fully saturated rings. The molecule has 37 heavy (non-hydrogen) atoms. The Morgan fingerprint density at radius 2 is 1.65 bits per heavy atom. The van der Waals surface area contributed by atoms with Gasteiger partial charge in [-0.05, 0) is 49.9 Å². The van der Waals surface area contributed by atoms with Crippen LogP contribution in [0.1, 0.15) is 41.2 Å². The van der Waals surface area contributed by atoms with E-state index < -0.39 is 0 Å². The van der Waals surface area contributed by atoms with Crippen molar-refractivity contribution in [3.63, 3.8) is 0 Å². The number of amides is 2. The summed E-state index contributed by atoms with van der Waals surface area (Å²) in [5.41, 5.74) is 5.40. The second-order valence-electron chi connectivity index (χ2n) is 9.87. The van der Waals surface area contributed by atoms with Crippen molar-refractivity contribution in [2.24, 2.45) is 0 Å². The fraction of sp³-hybridized carbons (Fsp3) is 0.355. The van der Waals surface area contributed by atoms with E-state index in [0.29, 0.717) is 25.1 Å². The Morgan fingerprint density at radius 1 is 0.973 bits per heavy atom. The molecule has 4 rings (SSSR count). The first-order valence-electron chi connectivity index (χ1n) is 13.0. The van der Waals surface area contributed by atoms with E-state index in [0.717, 1.165) is 54.1 Å². The molecule has 0 aromatic heterocycles. The molecular weight excluding hydrogens is 462 g/mol. The van der Waals surface area contributed by atoms with E-state index in [4.69, 9.17) is 4.74 Å². The van der Waals surface area contributed by atoms with E-state index in [9.17, 15) is 9.59 Å². The predicted octanol–water partition coefficient (Wildman–Crippen LogP) is 4.71. The molecule has 1 aliphatic rings. The summed E-state index contributed by atoms with van der Waals surface area (Å²) in [6.07, 6.45) is 1.88. The van der Waals surface area contributed by atoms with Gasteiger partial charge >= 0.3 is 0 Å². The van der Waals surface area contributed by atoms with Crippen LogP contribution in [0.15, 0.2) is 66.7 Å². The molecule has 2 amide bonds. The van der Waals surface area contributed by atoms with Gasteiger partial charge in [0.15, 0.2) is 0 Å². The molecule has 1 atom stereocenters. The number of rotatable bonds is 9. The summed E-state index contributed by atoms with van der Waals surface area (Å²) in [6.45, 7) is 8.33. The topological polar surface area (TPSA) is 70.7 Å². The number of nitrogens with zero attached hydrogens (tertiary/aromatic N) is 1. The molecular formula is C31H37N3O3. The molecule has 194 valence electrons. The number of carbonyl (C=O) groups is 2. The highest BCUT2D eigenvalue weighted by Gasteiger charge is 2.26. The molecule has 1 aliphatic heterocycles. The first-order chi connectivity index (χ1) is 17.9. The Morgan fingerprint density at radius 3 is 2.35 bits per heavy atom. The maximum Gasteiger partial charge on any atom is 0.223 e. The highest BCUT2D eigenvalue weighted by Crippen LogP contribution is 2.31. The molecule has 0 radical (unpaired) electrons. The molecule has 6 nitrogen and oxygen atoms in total. The Bertz CT molecular complexity index is 1230. The van der Waals surface area contributed by atoms with Gasteiger partial charge in [-0.25, -0.2) is 0 Å². The van der Waals surface area contributed by atoms with Gasteiger partial charge in [-0.1, -0.05) is 65.7 Å². The second-order valence-corrected chi connectivity index (χ2v) is 9.87. The first kappa shape index (κ1) is 26.4. The van der Waals surface area contributed by atoms with Gasteiger partial charge in [0, 0.05) is 51.1 Å². The zero-order chi connectivity index (χ0) is 26.2. The fourth-order valence-electron chi connectivity index (χ4n) is 4.83. The van der Waals surface area contributed by atoms with Crippen molar-refractivity contribution in [1.29, 1.82) is 0 Å². The number of hydrogen-bond donors (Lipinski definition) is 2. The lowest BCUT2D eigenvalue weighted by Crippen LogP contribution is -2.54. The third kappa shape index (κ3) is 7.43. The minimum absolute atomic E-state index is 0.0829. The van der Waals surface area contributed by atoms with E-state index in [1.807, 2.05) is 60.4 Å². The maximum absolute atomic E-state index is 13.4. The van der Waals surface area contributed by atoms with Gasteiger partial charge < -0.3 is 20.3 Å². The van der Waals surface area contributed by atoms with Crippen molar-refractivity contribution < 1.29 is 14.3 Å². The van der Waals surface area contributed by atoms with Crippen molar-refractivity contribution in [2.45, 2.75) is 52.6 Å². The van der Waals surface area contributed by atoms with E-state index in [1.54, 1.807) is 0 Å². The molecule has 0 aliphatic carbocycles. The van der Waals surface area contributed by atoms with Crippen LogP contribution in [0.4, 0.5) is 0 Å². The molecule has 2 N–H and O–H groups in total. The van der Waals surface area contributed by atoms with Gasteiger partial charge in [0.2, 0.25) is 11.8 Å². The Hall–Kier alpha value is -3.64. The van der Waals surface area contributed by atoms with Crippen LogP contribution in [0.3, 0.4) is 0 Å². The number of hydrogen-bond acceptors (Lipinski definition) is 4. The van der Waals surface area contributed by atoms with Gasteiger partial charge in [0.1, 0.15) is 11.5 Å². The molecule has 0 saturated carbocycles. The lowest BCUT2D eigenvalue weighted by Gasteiger charge is -2.36. The van der Waals surface area contributed by atoms with Crippen molar-refractivity contribution in [3.8, 4) is 11.5 Å². The molecule has 1 heterocycles. The smallest absolute Gasteiger partial charge is 0.223 e. The number of benzene rings is 3. The maximum atomic E-state index is 13.4. The summed E-state index contributed by atoms with van der Waals surface area (Å²) >= 11 is 0. The standard InChI is InChI=1S/C31H37N3O3/c1-22-9-12-29(37-30-13-10-23(2)18-27(30)20-33-24(3)35)26(17-22)11-14-31(36)34-16-15-32-21-28(34)19-25-7-5-4-6-8-25/h4-10,12-13,17-18,28,32H,11,14-16,19-21H2,1-3H3,(H,33,35)/t28-/m1/s1. The Kier molecular flexibility index (Phi) is 8.96. The van der Waals surface area contributed by atoms with E-state index in [1.165, 1.54) is 12.5 Å². The third-order valence-corrected chi connectivity index (χ3v) is 6.77. The van der Waals surface area contributed by atoms with E-state index >= 15 is 0 Å². The minimum atomic E-state index is -0.0829. The minimum Gasteiger partial charge on any atom is -0.457 e. The summed E-state index contributed by atoms with van der Waals surface area (Å²) in [6, 6.07) is 22.6. The van der Waals surface area contributed by atoms with Gasteiger partial charge in [0.05, 0.1) is 0 Å². The van der Waals surface area contributed by atoms with Gasteiger partial charge in [0.25, 0.3) is 0 Å². The highest BCUT2D eigenvalue weighted by atomic mass is 16.5. The van der Waals surface area contributed by atoms with Crippen molar-refractivity contribution in [1.82, 2.24) is 15.5 Å². The first-order valence-corrected chi connectivity index (χ1v) is 13.0. The zero-order valence-corrected chi connectivity index (χ0v) is 22.0. The van der Waals surface area contributed by atoms with Crippen molar-refractivity contribution in [3.05, 3.63) is 94.5 Å². The molecule has 1 saturated heterocycles. The summed E-state index contributed by atoms with van der Waals surface area (Å²) < 4.78 is 6.37. The molecule has 0 unspecified atom stereocenters. The van der Waals surface area contributed by atoms with Crippen LogP contribution in [0.2, 0.25) is 0 Å². The number of aryl methyl sites for hydroxylation is 3. The van der Waals surface area contributed by atoms with E-state index in [2.05, 4.69) is 35.8 Å². The molecule has 0 spiro atoms. The quantitative estimate of drug-likeness (QED) is 0.448. The lowest BCUT2D eigenvalue weighted by molar-refractivity contribution is -0.134. The van der Waals surface area contributed by atoms with Crippen LogP contribution in [-0.2, 0) is 29.0 Å². The molecule has 0 bridgehead atoms. The van der Waals surface area contributed by atoms with Crippen molar-refractivity contribution in [2.75, 3.05) is 19.6 Å². The predicted molar refractivity (Wildman–Crippen MR) is 147 cm³/mol. The Balaban J connectivity index is 1.47. The van der Waals surface area contributed by atoms with Crippen LogP contribution in [-0.4, -0.2) is 42.4 Å². The lowest BCUT2D eigenvalue weighted by atomic mass is 10.0. The number of nitrogens with one attached hydrogen (secondary N) is 2. The summed E-state index contributed by atoms with van der Waals surface area (Å²) in [4.78, 5) is 26.9. The summed E-state index contributed by atoms with van der Waals surface area (Å²) in [7, 11) is 0. The zero-order valence-electron chi connectivity index (χ0n) is 22.0. The average molecular weight is 500 g/mol. The second kappa shape index (κ2) is 12.5.